The van der Waals surface area contributed by atoms with Crippen LogP contribution in [0.25, 0.3) is 0 Å². The predicted octanol–water partition coefficient (Wildman–Crippen LogP) is 4.27. The van der Waals surface area contributed by atoms with Gasteiger partial charge in [0.1, 0.15) is 17.2 Å². The minimum absolute atomic E-state index is 0.0867. The first-order chi connectivity index (χ1) is 19.1. The molecule has 0 fully saturated rings. The molecular weight excluding hydrogens is 528 g/mol. The summed E-state index contributed by atoms with van der Waals surface area (Å²) >= 11 is 0. The summed E-state index contributed by atoms with van der Waals surface area (Å²) in [4.78, 5) is 13.1. The number of methoxy groups -OCH3 is 1. The van der Waals surface area contributed by atoms with Gasteiger partial charge in [-0.15, -0.1) is 0 Å². The number of aryl methyl sites for hydroxylation is 3. The Hall–Kier alpha value is -4.15. The number of nitrogens with zero attached hydrogens (tertiary/aromatic N) is 2. The highest BCUT2D eigenvalue weighted by Gasteiger charge is 2.28. The second-order valence-corrected chi connectivity index (χ2v) is 11.6. The van der Waals surface area contributed by atoms with Crippen LogP contribution in [-0.4, -0.2) is 39.3 Å². The predicted molar refractivity (Wildman–Crippen MR) is 153 cm³/mol. The van der Waals surface area contributed by atoms with Crippen LogP contribution in [0.4, 0.5) is 11.5 Å². The van der Waals surface area contributed by atoms with Gasteiger partial charge in [0.05, 0.1) is 43.6 Å². The molecule has 0 unspecified atom stereocenters. The van der Waals surface area contributed by atoms with Crippen LogP contribution in [0.2, 0.25) is 0 Å². The molecule has 2 aromatic carbocycles. The van der Waals surface area contributed by atoms with E-state index in [1.165, 1.54) is 24.7 Å². The van der Waals surface area contributed by atoms with Crippen molar-refractivity contribution in [3.8, 4) is 5.75 Å². The number of carbonyl (C=O) groups is 1. The van der Waals surface area contributed by atoms with Crippen molar-refractivity contribution in [2.75, 3.05) is 26.0 Å². The summed E-state index contributed by atoms with van der Waals surface area (Å²) in [6.45, 7) is 3.80. The van der Waals surface area contributed by atoms with E-state index in [4.69, 9.17) is 9.15 Å². The smallest absolute Gasteiger partial charge is 0.279 e. The maximum absolute atomic E-state index is 13.4. The van der Waals surface area contributed by atoms with Crippen LogP contribution in [0.5, 0.6) is 5.75 Å². The first-order valence-electron chi connectivity index (χ1n) is 12.9. The number of benzene rings is 2. The van der Waals surface area contributed by atoms with Crippen molar-refractivity contribution in [2.45, 2.75) is 31.7 Å². The van der Waals surface area contributed by atoms with Crippen LogP contribution in [0.3, 0.4) is 0 Å². The molecular formula is C30H35N4O5S+. The van der Waals surface area contributed by atoms with Crippen molar-refractivity contribution in [2.24, 2.45) is 7.05 Å². The van der Waals surface area contributed by atoms with Crippen LogP contribution >= 0.6 is 0 Å². The molecule has 9 nitrogen and oxygen atoms in total. The molecule has 0 aliphatic rings. The molecule has 210 valence electrons. The summed E-state index contributed by atoms with van der Waals surface area (Å²) in [6.07, 6.45) is 4.01. The van der Waals surface area contributed by atoms with Crippen LogP contribution in [0.1, 0.15) is 32.8 Å². The zero-order valence-corrected chi connectivity index (χ0v) is 24.2. The molecule has 0 spiro atoms. The molecule has 2 N–H and O–H groups in total. The van der Waals surface area contributed by atoms with Crippen LogP contribution < -0.4 is 19.9 Å². The Morgan fingerprint density at radius 1 is 1.05 bits per heavy atom. The van der Waals surface area contributed by atoms with Gasteiger partial charge < -0.3 is 14.5 Å². The van der Waals surface area contributed by atoms with Gasteiger partial charge in [0.2, 0.25) is 10.0 Å². The van der Waals surface area contributed by atoms with E-state index >= 15 is 0 Å². The Kier molecular flexibility index (Phi) is 8.91. The number of ether oxygens (including phenoxy) is 1. The molecule has 1 amide bonds. The maximum Gasteiger partial charge on any atom is 0.279 e. The number of nitrogens with one attached hydrogen (secondary N) is 2. The monoisotopic (exact) mass is 563 g/mol. The summed E-state index contributed by atoms with van der Waals surface area (Å²) in [5.74, 6) is 1.53. The van der Waals surface area contributed by atoms with Crippen LogP contribution in [0, 0.1) is 13.8 Å². The molecule has 0 bridgehead atoms. The molecule has 2 aromatic heterocycles. The molecule has 0 atom stereocenters. The number of hydrogen-bond donors (Lipinski definition) is 2. The maximum atomic E-state index is 13.4. The zero-order valence-electron chi connectivity index (χ0n) is 23.4. The van der Waals surface area contributed by atoms with E-state index in [9.17, 15) is 13.2 Å². The fourth-order valence-corrected chi connectivity index (χ4v) is 6.05. The zero-order chi connectivity index (χ0) is 28.9. The average Bonchev–Trinajstić information content (AvgIpc) is 3.38. The minimum atomic E-state index is -3.84. The first-order valence-corrected chi connectivity index (χ1v) is 14.3. The second kappa shape index (κ2) is 12.4. The van der Waals surface area contributed by atoms with Crippen LogP contribution in [0.15, 0.2) is 82.4 Å². The van der Waals surface area contributed by atoms with Crippen molar-refractivity contribution in [3.05, 3.63) is 101 Å². The molecule has 40 heavy (non-hydrogen) atoms. The topological polar surface area (TPSA) is 105 Å². The fourth-order valence-electron chi connectivity index (χ4n) is 4.52. The number of sulfonamides is 1. The van der Waals surface area contributed by atoms with Crippen LogP contribution in [-0.2, 0) is 30.0 Å². The lowest BCUT2D eigenvalue weighted by atomic mass is 10.1. The Bertz CT molecular complexity index is 1570. The third-order valence-corrected chi connectivity index (χ3v) is 8.78. The number of hydrogen-bond acceptors (Lipinski definition) is 6. The number of carbonyl (C=O) groups excluding carboxylic acids is 1. The van der Waals surface area contributed by atoms with Gasteiger partial charge in [-0.05, 0) is 73.4 Å². The van der Waals surface area contributed by atoms with Crippen molar-refractivity contribution in [1.82, 2.24) is 9.62 Å². The number of furan rings is 1. The molecule has 2 heterocycles. The standard InChI is InChI=1S/C30H34N4O5S/c1-21-18-25(38-5)19-22(2)29(21)40(36,37)34(4)20-27-26(14-17-39-27)30(35)31-15-13-23-9-11-24(12-10-23)32-28-8-6-7-16-33(28)3/h6-12,14,16-19H,13,15,20H2,1-5H3,(H,31,35)/p+1. The third kappa shape index (κ3) is 6.52. The number of amides is 1. The van der Waals surface area contributed by atoms with Crippen molar-refractivity contribution in [3.63, 3.8) is 0 Å². The lowest BCUT2D eigenvalue weighted by molar-refractivity contribution is -0.657. The van der Waals surface area contributed by atoms with Gasteiger partial charge in [0.25, 0.3) is 11.7 Å². The van der Waals surface area contributed by atoms with E-state index in [0.717, 1.165) is 17.1 Å². The molecule has 0 saturated heterocycles. The van der Waals surface area contributed by atoms with Gasteiger partial charge >= 0.3 is 0 Å². The van der Waals surface area contributed by atoms with E-state index in [2.05, 4.69) is 10.6 Å². The van der Waals surface area contributed by atoms with Crippen molar-refractivity contribution < 1.29 is 26.9 Å². The third-order valence-electron chi connectivity index (χ3n) is 6.67. The van der Waals surface area contributed by atoms with Gasteiger partial charge in [-0.25, -0.2) is 18.3 Å². The van der Waals surface area contributed by atoms with Gasteiger partial charge in [-0.3, -0.25) is 4.79 Å². The van der Waals surface area contributed by atoms with E-state index in [1.54, 1.807) is 32.0 Å². The fraction of sp³-hybridized carbons (Fsp3) is 0.267. The van der Waals surface area contributed by atoms with Gasteiger partial charge in [-0.1, -0.05) is 18.2 Å². The first kappa shape index (κ1) is 28.8. The van der Waals surface area contributed by atoms with Crippen molar-refractivity contribution in [1.29, 1.82) is 0 Å². The van der Waals surface area contributed by atoms with E-state index in [1.807, 2.05) is 60.3 Å². The second-order valence-electron chi connectivity index (χ2n) is 9.63. The molecule has 0 radical (unpaired) electrons. The molecule has 4 aromatic rings. The molecule has 0 saturated carbocycles. The highest BCUT2D eigenvalue weighted by molar-refractivity contribution is 7.89. The summed E-state index contributed by atoms with van der Waals surface area (Å²) < 4.78 is 40.7. The van der Waals surface area contributed by atoms with Crippen molar-refractivity contribution >= 4 is 27.4 Å². The largest absolute Gasteiger partial charge is 0.497 e. The van der Waals surface area contributed by atoms with E-state index < -0.39 is 10.0 Å². The number of pyridine rings is 1. The SMILES string of the molecule is COc1cc(C)c(S(=O)(=O)N(C)Cc2occc2C(=O)NCCc2ccc(Nc3cccc[n+]3C)cc2)c(C)c1. The Morgan fingerprint density at radius 2 is 1.75 bits per heavy atom. The Labute approximate surface area is 235 Å². The molecule has 0 aliphatic carbocycles. The van der Waals surface area contributed by atoms with Gasteiger partial charge in [0.15, 0.2) is 0 Å². The van der Waals surface area contributed by atoms with E-state index in [-0.39, 0.29) is 23.1 Å². The molecule has 0 aliphatic heterocycles. The van der Waals surface area contributed by atoms with Gasteiger partial charge in [0, 0.05) is 19.7 Å². The summed E-state index contributed by atoms with van der Waals surface area (Å²) in [6, 6.07) is 18.9. The Morgan fingerprint density at radius 3 is 2.40 bits per heavy atom. The average molecular weight is 564 g/mol. The summed E-state index contributed by atoms with van der Waals surface area (Å²) in [5, 5.41) is 6.29. The lowest BCUT2D eigenvalue weighted by Gasteiger charge is -2.20. The molecule has 10 heteroatoms. The normalized spacial score (nSPS) is 11.4. The summed E-state index contributed by atoms with van der Waals surface area (Å²) in [5.41, 5.74) is 3.52. The highest BCUT2D eigenvalue weighted by Crippen LogP contribution is 2.29. The minimum Gasteiger partial charge on any atom is -0.497 e. The summed E-state index contributed by atoms with van der Waals surface area (Å²) in [7, 11) is 1.14. The quantitative estimate of drug-likeness (QED) is 0.264. The van der Waals surface area contributed by atoms with E-state index in [0.29, 0.717) is 35.4 Å². The number of aromatic nitrogens is 1. The lowest BCUT2D eigenvalue weighted by Crippen LogP contribution is -2.30. The highest BCUT2D eigenvalue weighted by atomic mass is 32.2. The Balaban J connectivity index is 1.35. The van der Waals surface area contributed by atoms with Gasteiger partial charge in [-0.2, -0.15) is 4.31 Å². The number of anilines is 2. The number of rotatable bonds is 11. The molecule has 4 rings (SSSR count).